The summed E-state index contributed by atoms with van der Waals surface area (Å²) in [5.41, 5.74) is 0. The van der Waals surface area contributed by atoms with E-state index >= 15 is 0 Å². The van der Waals surface area contributed by atoms with Crippen molar-refractivity contribution in [2.24, 2.45) is 5.92 Å². The van der Waals surface area contributed by atoms with Crippen LogP contribution in [-0.4, -0.2) is 50.1 Å². The van der Waals surface area contributed by atoms with Crippen LogP contribution in [0.5, 0.6) is 0 Å². The van der Waals surface area contributed by atoms with Gasteiger partial charge in [0.05, 0.1) is 11.7 Å². The quantitative estimate of drug-likeness (QED) is 0.632. The minimum atomic E-state index is -3.11. The Morgan fingerprint density at radius 1 is 1.33 bits per heavy atom. The van der Waals surface area contributed by atoms with Crippen molar-refractivity contribution < 1.29 is 23.1 Å². The highest BCUT2D eigenvalue weighted by atomic mass is 32.2. The highest BCUT2D eigenvalue weighted by Crippen LogP contribution is 2.25. The van der Waals surface area contributed by atoms with Crippen molar-refractivity contribution in [1.29, 1.82) is 0 Å². The Morgan fingerprint density at radius 3 is 2.56 bits per heavy atom. The molecular weight excluding hydrogens is 260 g/mol. The van der Waals surface area contributed by atoms with Crippen LogP contribution in [0.15, 0.2) is 0 Å². The summed E-state index contributed by atoms with van der Waals surface area (Å²) < 4.78 is 21.7. The molecule has 0 radical (unpaired) electrons. The van der Waals surface area contributed by atoms with Gasteiger partial charge >= 0.3 is 12.0 Å². The SMILES string of the molecule is CS(=O)(=O)CCNC(=O)NC1CCCC1C(=O)O. The van der Waals surface area contributed by atoms with E-state index in [1.54, 1.807) is 0 Å². The third kappa shape index (κ3) is 4.91. The van der Waals surface area contributed by atoms with Gasteiger partial charge in [0, 0.05) is 18.8 Å². The van der Waals surface area contributed by atoms with Crippen LogP contribution in [0.4, 0.5) is 4.79 Å². The number of carboxylic acids is 1. The number of sulfone groups is 1. The molecule has 0 heterocycles. The van der Waals surface area contributed by atoms with E-state index in [9.17, 15) is 18.0 Å². The molecule has 1 fully saturated rings. The summed E-state index contributed by atoms with van der Waals surface area (Å²) in [7, 11) is -3.11. The van der Waals surface area contributed by atoms with Gasteiger partial charge in [0.15, 0.2) is 0 Å². The Bertz CT molecular complexity index is 420. The van der Waals surface area contributed by atoms with Crippen molar-refractivity contribution >= 4 is 21.8 Å². The van der Waals surface area contributed by atoms with Crippen LogP contribution < -0.4 is 10.6 Å². The molecule has 2 atom stereocenters. The number of amides is 2. The second kappa shape index (κ2) is 6.03. The highest BCUT2D eigenvalue weighted by molar-refractivity contribution is 7.90. The van der Waals surface area contributed by atoms with Crippen LogP contribution in [-0.2, 0) is 14.6 Å². The van der Waals surface area contributed by atoms with Gasteiger partial charge in [-0.05, 0) is 12.8 Å². The number of rotatable bonds is 5. The van der Waals surface area contributed by atoms with Crippen molar-refractivity contribution in [3.05, 3.63) is 0 Å². The second-order valence-corrected chi connectivity index (χ2v) is 6.77. The fourth-order valence-corrected chi connectivity index (χ4v) is 2.47. The molecule has 0 aromatic carbocycles. The minimum absolute atomic E-state index is 0.0229. The summed E-state index contributed by atoms with van der Waals surface area (Å²) in [5.74, 6) is -1.59. The number of carbonyl (C=O) groups excluding carboxylic acids is 1. The number of carboxylic acid groups (broad SMARTS) is 1. The molecule has 1 rings (SSSR count). The number of aliphatic carboxylic acids is 1. The highest BCUT2D eigenvalue weighted by Gasteiger charge is 2.33. The summed E-state index contributed by atoms with van der Waals surface area (Å²) in [6.07, 6.45) is 3.05. The van der Waals surface area contributed by atoms with Gasteiger partial charge in [0.1, 0.15) is 9.84 Å². The van der Waals surface area contributed by atoms with Gasteiger partial charge in [-0.3, -0.25) is 4.79 Å². The zero-order valence-corrected chi connectivity index (χ0v) is 11.0. The van der Waals surface area contributed by atoms with Gasteiger partial charge in [-0.15, -0.1) is 0 Å². The van der Waals surface area contributed by atoms with Crippen molar-refractivity contribution in [3.63, 3.8) is 0 Å². The van der Waals surface area contributed by atoms with Crippen molar-refractivity contribution in [2.45, 2.75) is 25.3 Å². The lowest BCUT2D eigenvalue weighted by molar-refractivity contribution is -0.142. The average Bonchev–Trinajstić information content (AvgIpc) is 2.63. The van der Waals surface area contributed by atoms with Crippen LogP contribution in [0.1, 0.15) is 19.3 Å². The molecule has 2 unspecified atom stereocenters. The van der Waals surface area contributed by atoms with Crippen molar-refractivity contribution in [3.8, 4) is 0 Å². The molecule has 0 bridgehead atoms. The molecule has 0 aliphatic heterocycles. The Balaban J connectivity index is 2.34. The van der Waals surface area contributed by atoms with Gasteiger partial charge < -0.3 is 15.7 Å². The second-order valence-electron chi connectivity index (χ2n) is 4.51. The average molecular weight is 278 g/mol. The fourth-order valence-electron chi connectivity index (χ4n) is 2.00. The lowest BCUT2D eigenvalue weighted by Gasteiger charge is -2.17. The van der Waals surface area contributed by atoms with Crippen LogP contribution >= 0.6 is 0 Å². The van der Waals surface area contributed by atoms with E-state index in [0.29, 0.717) is 12.8 Å². The molecule has 1 aliphatic rings. The summed E-state index contributed by atoms with van der Waals surface area (Å²) >= 11 is 0. The van der Waals surface area contributed by atoms with Crippen LogP contribution in [0.2, 0.25) is 0 Å². The third-order valence-corrected chi connectivity index (χ3v) is 3.85. The summed E-state index contributed by atoms with van der Waals surface area (Å²) in [6, 6.07) is -0.891. The first-order chi connectivity index (χ1) is 8.29. The predicted molar refractivity (Wildman–Crippen MR) is 65.0 cm³/mol. The summed E-state index contributed by atoms with van der Waals surface area (Å²) in [4.78, 5) is 22.3. The number of hydrogen-bond donors (Lipinski definition) is 3. The van der Waals surface area contributed by atoms with Crippen LogP contribution in [0.25, 0.3) is 0 Å². The molecule has 104 valence electrons. The topological polar surface area (TPSA) is 113 Å². The minimum Gasteiger partial charge on any atom is -0.481 e. The largest absolute Gasteiger partial charge is 0.481 e. The number of carbonyl (C=O) groups is 2. The Labute approximate surface area is 106 Å². The maximum Gasteiger partial charge on any atom is 0.315 e. The normalized spacial score (nSPS) is 23.6. The molecule has 2 amide bonds. The van der Waals surface area contributed by atoms with E-state index in [2.05, 4.69) is 10.6 Å². The first kappa shape index (κ1) is 14.7. The molecule has 0 spiro atoms. The van der Waals surface area contributed by atoms with E-state index in [1.807, 2.05) is 0 Å². The maximum absolute atomic E-state index is 11.4. The third-order valence-electron chi connectivity index (χ3n) is 2.91. The Kier molecular flexibility index (Phi) is 4.94. The molecule has 0 aromatic rings. The van der Waals surface area contributed by atoms with E-state index in [4.69, 9.17) is 5.11 Å². The maximum atomic E-state index is 11.4. The van der Waals surface area contributed by atoms with E-state index in [1.165, 1.54) is 0 Å². The molecule has 1 saturated carbocycles. The first-order valence-corrected chi connectivity index (χ1v) is 7.80. The van der Waals surface area contributed by atoms with Crippen molar-refractivity contribution in [2.75, 3.05) is 18.6 Å². The van der Waals surface area contributed by atoms with Crippen molar-refractivity contribution in [1.82, 2.24) is 10.6 Å². The lowest BCUT2D eigenvalue weighted by Crippen LogP contribution is -2.46. The van der Waals surface area contributed by atoms with E-state index < -0.39 is 27.8 Å². The molecule has 8 heteroatoms. The van der Waals surface area contributed by atoms with Gasteiger partial charge in [0.2, 0.25) is 0 Å². The number of urea groups is 1. The van der Waals surface area contributed by atoms with Gasteiger partial charge in [0.25, 0.3) is 0 Å². The molecule has 7 nitrogen and oxygen atoms in total. The molecule has 18 heavy (non-hydrogen) atoms. The Morgan fingerprint density at radius 2 is 2.00 bits per heavy atom. The smallest absolute Gasteiger partial charge is 0.315 e. The standard InChI is InChI=1S/C10H18N2O5S/c1-18(16,17)6-5-11-10(15)12-8-4-2-3-7(8)9(13)14/h7-8H,2-6H2,1H3,(H,13,14)(H2,11,12,15). The summed E-state index contributed by atoms with van der Waals surface area (Å²) in [5, 5.41) is 13.9. The van der Waals surface area contributed by atoms with E-state index in [-0.39, 0.29) is 18.3 Å². The molecule has 1 aliphatic carbocycles. The van der Waals surface area contributed by atoms with Gasteiger partial charge in [-0.1, -0.05) is 6.42 Å². The fraction of sp³-hybridized carbons (Fsp3) is 0.800. The molecular formula is C10H18N2O5S. The zero-order valence-electron chi connectivity index (χ0n) is 10.2. The zero-order chi connectivity index (χ0) is 13.8. The van der Waals surface area contributed by atoms with E-state index in [0.717, 1.165) is 12.7 Å². The number of nitrogens with one attached hydrogen (secondary N) is 2. The Hall–Kier alpha value is -1.31. The van der Waals surface area contributed by atoms with Crippen LogP contribution in [0.3, 0.4) is 0 Å². The lowest BCUT2D eigenvalue weighted by atomic mass is 10.0. The van der Waals surface area contributed by atoms with Crippen LogP contribution in [0, 0.1) is 5.92 Å². The van der Waals surface area contributed by atoms with Gasteiger partial charge in [-0.25, -0.2) is 13.2 Å². The first-order valence-electron chi connectivity index (χ1n) is 5.74. The predicted octanol–water partition coefficient (Wildman–Crippen LogP) is -0.416. The van der Waals surface area contributed by atoms with Gasteiger partial charge in [-0.2, -0.15) is 0 Å². The molecule has 3 N–H and O–H groups in total. The summed E-state index contributed by atoms with van der Waals surface area (Å²) in [6.45, 7) is 0.0229. The molecule has 0 saturated heterocycles. The number of hydrogen-bond acceptors (Lipinski definition) is 4. The monoisotopic (exact) mass is 278 g/mol. The molecule has 0 aromatic heterocycles.